The van der Waals surface area contributed by atoms with E-state index in [0.717, 1.165) is 45.9 Å². The zero-order valence-electron chi connectivity index (χ0n) is 15.5. The van der Waals surface area contributed by atoms with Crippen LogP contribution in [0.3, 0.4) is 0 Å². The first-order chi connectivity index (χ1) is 11.6. The number of hydrogen-bond acceptors (Lipinski definition) is 3. The first kappa shape index (κ1) is 18.7. The van der Waals surface area contributed by atoms with Gasteiger partial charge >= 0.3 is 0 Å². The molecule has 0 bridgehead atoms. The third-order valence-electron chi connectivity index (χ3n) is 5.81. The van der Waals surface area contributed by atoms with Crippen LogP contribution in [-0.2, 0) is 21.6 Å². The maximum atomic E-state index is 6.39. The third-order valence-corrected chi connectivity index (χ3v) is 5.81. The average Bonchev–Trinajstić information content (AvgIpc) is 2.90. The van der Waals surface area contributed by atoms with Gasteiger partial charge in [-0.3, -0.25) is 4.90 Å². The SMILES string of the molecule is Cc1c2n(c3ccccc13)CCOC2(C)CC(C)N1CCOCC1.Cl. The van der Waals surface area contributed by atoms with Gasteiger partial charge in [-0.25, -0.2) is 0 Å². The predicted molar refractivity (Wildman–Crippen MR) is 104 cm³/mol. The molecule has 138 valence electrons. The van der Waals surface area contributed by atoms with Crippen LogP contribution in [0.4, 0.5) is 0 Å². The van der Waals surface area contributed by atoms with Crippen molar-refractivity contribution in [2.75, 3.05) is 32.9 Å². The fourth-order valence-corrected chi connectivity index (χ4v) is 4.69. The summed E-state index contributed by atoms with van der Waals surface area (Å²) in [4.78, 5) is 2.54. The van der Waals surface area contributed by atoms with Gasteiger partial charge in [-0.05, 0) is 38.8 Å². The molecule has 0 radical (unpaired) electrons. The maximum Gasteiger partial charge on any atom is 0.107 e. The summed E-state index contributed by atoms with van der Waals surface area (Å²) in [6.07, 6.45) is 1.02. The van der Waals surface area contributed by atoms with Gasteiger partial charge in [0.15, 0.2) is 0 Å². The van der Waals surface area contributed by atoms with E-state index in [1.165, 1.54) is 22.2 Å². The second kappa shape index (κ2) is 7.28. The molecule has 0 spiro atoms. The van der Waals surface area contributed by atoms with Gasteiger partial charge in [-0.15, -0.1) is 12.4 Å². The summed E-state index contributed by atoms with van der Waals surface area (Å²) in [6.45, 7) is 12.3. The molecule has 1 saturated heterocycles. The second-order valence-corrected chi connectivity index (χ2v) is 7.42. The Morgan fingerprint density at radius 1 is 1.12 bits per heavy atom. The van der Waals surface area contributed by atoms with E-state index in [1.807, 2.05) is 0 Å². The highest BCUT2D eigenvalue weighted by Gasteiger charge is 2.39. The summed E-state index contributed by atoms with van der Waals surface area (Å²) < 4.78 is 14.4. The zero-order valence-corrected chi connectivity index (χ0v) is 16.3. The first-order valence-corrected chi connectivity index (χ1v) is 9.14. The Kier molecular flexibility index (Phi) is 5.45. The smallest absolute Gasteiger partial charge is 0.107 e. The van der Waals surface area contributed by atoms with Crippen LogP contribution in [-0.4, -0.2) is 48.4 Å². The number of nitrogens with zero attached hydrogens (tertiary/aromatic N) is 2. The molecule has 0 saturated carbocycles. The molecule has 3 heterocycles. The van der Waals surface area contributed by atoms with Crippen molar-refractivity contribution in [1.29, 1.82) is 0 Å². The minimum absolute atomic E-state index is 0. The molecule has 1 fully saturated rings. The summed E-state index contributed by atoms with van der Waals surface area (Å²) in [5, 5.41) is 1.36. The molecule has 0 aliphatic carbocycles. The van der Waals surface area contributed by atoms with Crippen LogP contribution >= 0.6 is 12.4 Å². The first-order valence-electron chi connectivity index (χ1n) is 9.14. The molecule has 2 aromatic rings. The van der Waals surface area contributed by atoms with Gasteiger partial charge in [0.1, 0.15) is 5.60 Å². The van der Waals surface area contributed by atoms with E-state index < -0.39 is 0 Å². The zero-order chi connectivity index (χ0) is 16.7. The van der Waals surface area contributed by atoms with E-state index in [4.69, 9.17) is 9.47 Å². The molecule has 2 unspecified atom stereocenters. The van der Waals surface area contributed by atoms with E-state index in [2.05, 4.69) is 54.5 Å². The molecule has 2 aliphatic heterocycles. The number of halogens is 1. The number of para-hydroxylation sites is 1. The van der Waals surface area contributed by atoms with Crippen molar-refractivity contribution in [2.45, 2.75) is 45.4 Å². The monoisotopic (exact) mass is 364 g/mol. The van der Waals surface area contributed by atoms with Crippen molar-refractivity contribution < 1.29 is 9.47 Å². The van der Waals surface area contributed by atoms with Crippen molar-refractivity contribution in [3.8, 4) is 0 Å². The molecule has 4 rings (SSSR count). The lowest BCUT2D eigenvalue weighted by atomic mass is 9.89. The van der Waals surface area contributed by atoms with Crippen LogP contribution in [0.25, 0.3) is 10.9 Å². The van der Waals surface area contributed by atoms with Crippen molar-refractivity contribution in [3.05, 3.63) is 35.5 Å². The molecular formula is C20H29ClN2O2. The lowest BCUT2D eigenvalue weighted by Crippen LogP contribution is -2.47. The fraction of sp³-hybridized carbons (Fsp3) is 0.600. The van der Waals surface area contributed by atoms with Crippen LogP contribution in [0.1, 0.15) is 31.5 Å². The molecule has 0 N–H and O–H groups in total. The van der Waals surface area contributed by atoms with E-state index in [9.17, 15) is 0 Å². The number of morpholine rings is 1. The van der Waals surface area contributed by atoms with E-state index in [-0.39, 0.29) is 18.0 Å². The second-order valence-electron chi connectivity index (χ2n) is 7.42. The highest BCUT2D eigenvalue weighted by atomic mass is 35.5. The summed E-state index contributed by atoms with van der Waals surface area (Å²) in [5.41, 5.74) is 3.87. The van der Waals surface area contributed by atoms with Crippen molar-refractivity contribution >= 4 is 23.3 Å². The number of aromatic nitrogens is 1. The minimum atomic E-state index is -0.223. The number of fused-ring (bicyclic) bond motifs is 3. The predicted octanol–water partition coefficient (Wildman–Crippen LogP) is 3.73. The average molecular weight is 365 g/mol. The number of hydrogen-bond donors (Lipinski definition) is 0. The summed E-state index contributed by atoms with van der Waals surface area (Å²) in [7, 11) is 0. The Morgan fingerprint density at radius 2 is 1.84 bits per heavy atom. The van der Waals surface area contributed by atoms with Gasteiger partial charge < -0.3 is 14.0 Å². The molecule has 1 aromatic heterocycles. The molecule has 25 heavy (non-hydrogen) atoms. The van der Waals surface area contributed by atoms with E-state index in [1.54, 1.807) is 0 Å². The Hall–Kier alpha value is -1.07. The Balaban J connectivity index is 0.00000182. The fourth-order valence-electron chi connectivity index (χ4n) is 4.69. The quantitative estimate of drug-likeness (QED) is 0.830. The third kappa shape index (κ3) is 3.21. The molecule has 5 heteroatoms. The van der Waals surface area contributed by atoms with Gasteiger partial charge in [0.25, 0.3) is 0 Å². The Morgan fingerprint density at radius 3 is 2.60 bits per heavy atom. The number of aryl methyl sites for hydroxylation is 1. The standard InChI is InChI=1S/C20H28N2O2.ClH/c1-15(21-8-11-23-12-9-21)14-20(3)19-16(2)17-6-4-5-7-18(17)22(19)10-13-24-20;/h4-7,15H,8-14H2,1-3H3;1H. The Labute approximate surface area is 156 Å². The number of benzene rings is 1. The summed E-state index contributed by atoms with van der Waals surface area (Å²) in [6, 6.07) is 9.24. The van der Waals surface area contributed by atoms with Crippen LogP contribution in [0, 0.1) is 6.92 Å². The molecule has 4 nitrogen and oxygen atoms in total. The van der Waals surface area contributed by atoms with Gasteiger partial charge in [-0.2, -0.15) is 0 Å². The van der Waals surface area contributed by atoms with Crippen LogP contribution in [0.15, 0.2) is 24.3 Å². The summed E-state index contributed by atoms with van der Waals surface area (Å²) >= 11 is 0. The molecular weight excluding hydrogens is 336 g/mol. The maximum absolute atomic E-state index is 6.39. The Bertz CT molecular complexity index is 739. The normalized spacial score (nSPS) is 25.4. The molecule has 2 aliphatic rings. The number of rotatable bonds is 3. The minimum Gasteiger partial charge on any atom is -0.379 e. The van der Waals surface area contributed by atoms with Crippen molar-refractivity contribution in [3.63, 3.8) is 0 Å². The van der Waals surface area contributed by atoms with Crippen molar-refractivity contribution in [2.24, 2.45) is 0 Å². The highest BCUT2D eigenvalue weighted by molar-refractivity contribution is 5.86. The van der Waals surface area contributed by atoms with E-state index >= 15 is 0 Å². The van der Waals surface area contributed by atoms with Gasteiger partial charge in [0.05, 0.1) is 25.5 Å². The lowest BCUT2D eigenvalue weighted by Gasteiger charge is -2.41. The highest BCUT2D eigenvalue weighted by Crippen LogP contribution is 2.41. The molecule has 1 aromatic carbocycles. The van der Waals surface area contributed by atoms with Crippen LogP contribution < -0.4 is 0 Å². The van der Waals surface area contributed by atoms with Crippen molar-refractivity contribution in [1.82, 2.24) is 9.47 Å². The van der Waals surface area contributed by atoms with Gasteiger partial charge in [0.2, 0.25) is 0 Å². The number of ether oxygens (including phenoxy) is 2. The van der Waals surface area contributed by atoms with Gasteiger partial charge in [-0.1, -0.05) is 18.2 Å². The van der Waals surface area contributed by atoms with Gasteiger partial charge in [0, 0.05) is 36.6 Å². The summed E-state index contributed by atoms with van der Waals surface area (Å²) in [5.74, 6) is 0. The topological polar surface area (TPSA) is 26.6 Å². The lowest BCUT2D eigenvalue weighted by molar-refractivity contribution is -0.0879. The molecule has 2 atom stereocenters. The largest absolute Gasteiger partial charge is 0.379 e. The van der Waals surface area contributed by atoms with E-state index in [0.29, 0.717) is 6.04 Å². The van der Waals surface area contributed by atoms with Crippen LogP contribution in [0.5, 0.6) is 0 Å². The molecule has 0 amide bonds. The van der Waals surface area contributed by atoms with Crippen LogP contribution in [0.2, 0.25) is 0 Å².